The van der Waals surface area contributed by atoms with Crippen LogP contribution in [0, 0.1) is 0 Å². The van der Waals surface area contributed by atoms with Crippen molar-refractivity contribution >= 4 is 17.4 Å². The van der Waals surface area contributed by atoms with Gasteiger partial charge in [-0.25, -0.2) is 0 Å². The Balaban J connectivity index is 2.48. The third kappa shape index (κ3) is 1.74. The molecule has 1 atom stereocenters. The highest BCUT2D eigenvalue weighted by atomic mass is 35.5. The Morgan fingerprint density at radius 1 is 1.53 bits per heavy atom. The van der Waals surface area contributed by atoms with Crippen LogP contribution in [0.5, 0.6) is 5.75 Å². The lowest BCUT2D eigenvalue weighted by Crippen LogP contribution is -2.04. The molecule has 2 rings (SSSR count). The molecule has 0 aliphatic heterocycles. The lowest BCUT2D eigenvalue weighted by molar-refractivity contribution is -0.118. The number of fused-ring (bicyclic) bond motifs is 1. The highest BCUT2D eigenvalue weighted by Gasteiger charge is 2.27. The molecule has 80 valence electrons. The van der Waals surface area contributed by atoms with Crippen molar-refractivity contribution in [2.75, 3.05) is 7.11 Å². The van der Waals surface area contributed by atoms with Crippen LogP contribution in [-0.4, -0.2) is 12.9 Å². The van der Waals surface area contributed by atoms with Gasteiger partial charge < -0.3 is 4.74 Å². The third-order valence-corrected chi connectivity index (χ3v) is 3.28. The Kier molecular flexibility index (Phi) is 2.70. The molecule has 0 saturated heterocycles. The summed E-state index contributed by atoms with van der Waals surface area (Å²) in [6.45, 7) is 1.64. The standard InChI is InChI=1S/C12H13ClO2/c1-7(14)9-4-3-8-5-11(13)12(15-2)6-10(8)9/h5-6,9H,3-4H2,1-2H3. The molecule has 3 heteroatoms. The first-order valence-corrected chi connectivity index (χ1v) is 5.38. The minimum absolute atomic E-state index is 0.0335. The summed E-state index contributed by atoms with van der Waals surface area (Å²) in [6.07, 6.45) is 1.83. The largest absolute Gasteiger partial charge is 0.495 e. The fourth-order valence-corrected chi connectivity index (χ4v) is 2.45. The molecule has 1 aliphatic rings. The number of carbonyl (C=O) groups is 1. The van der Waals surface area contributed by atoms with Gasteiger partial charge in [0.15, 0.2) is 0 Å². The van der Waals surface area contributed by atoms with E-state index in [0.717, 1.165) is 18.4 Å². The molecule has 0 radical (unpaired) electrons. The molecule has 2 nitrogen and oxygen atoms in total. The van der Waals surface area contributed by atoms with Gasteiger partial charge in [0.2, 0.25) is 0 Å². The maximum atomic E-state index is 11.4. The molecule has 0 bridgehead atoms. The molecule has 1 aromatic rings. The number of methoxy groups -OCH3 is 1. The zero-order chi connectivity index (χ0) is 11.0. The molecule has 1 unspecified atom stereocenters. The summed E-state index contributed by atoms with van der Waals surface area (Å²) in [6, 6.07) is 3.81. The van der Waals surface area contributed by atoms with E-state index in [9.17, 15) is 4.79 Å². The molecule has 0 N–H and O–H groups in total. The lowest BCUT2D eigenvalue weighted by atomic mass is 9.97. The van der Waals surface area contributed by atoms with Gasteiger partial charge in [0.05, 0.1) is 12.1 Å². The molecule has 0 heterocycles. The van der Waals surface area contributed by atoms with Crippen LogP contribution in [-0.2, 0) is 11.2 Å². The fraction of sp³-hybridized carbons (Fsp3) is 0.417. The van der Waals surface area contributed by atoms with Crippen molar-refractivity contribution < 1.29 is 9.53 Å². The van der Waals surface area contributed by atoms with Crippen LogP contribution in [0.25, 0.3) is 0 Å². The average Bonchev–Trinajstić information content (AvgIpc) is 2.59. The summed E-state index contributed by atoms with van der Waals surface area (Å²) in [5, 5.41) is 0.625. The molecule has 0 amide bonds. The highest BCUT2D eigenvalue weighted by molar-refractivity contribution is 6.32. The van der Waals surface area contributed by atoms with Crippen molar-refractivity contribution in [2.24, 2.45) is 0 Å². The van der Waals surface area contributed by atoms with Crippen molar-refractivity contribution in [3.63, 3.8) is 0 Å². The van der Waals surface area contributed by atoms with E-state index in [2.05, 4.69) is 0 Å². The monoisotopic (exact) mass is 224 g/mol. The maximum absolute atomic E-state index is 11.4. The average molecular weight is 225 g/mol. The molecule has 1 aromatic carbocycles. The van der Waals surface area contributed by atoms with Crippen LogP contribution in [0.2, 0.25) is 5.02 Å². The Labute approximate surface area is 94.2 Å². The number of benzene rings is 1. The first-order valence-electron chi connectivity index (χ1n) is 5.00. The van der Waals surface area contributed by atoms with Crippen LogP contribution in [0.15, 0.2) is 12.1 Å². The SMILES string of the molecule is COc1cc2c(cc1Cl)CCC2C(C)=O. The summed E-state index contributed by atoms with van der Waals surface area (Å²) < 4.78 is 5.16. The minimum Gasteiger partial charge on any atom is -0.495 e. The molecular formula is C12H13ClO2. The molecule has 0 fully saturated rings. The summed E-state index contributed by atoms with van der Waals surface area (Å²) >= 11 is 6.03. The molecule has 0 aromatic heterocycles. The number of rotatable bonds is 2. The summed E-state index contributed by atoms with van der Waals surface area (Å²) in [5.41, 5.74) is 2.27. The van der Waals surface area contributed by atoms with Crippen molar-refractivity contribution in [2.45, 2.75) is 25.7 Å². The van der Waals surface area contributed by atoms with E-state index >= 15 is 0 Å². The van der Waals surface area contributed by atoms with Crippen molar-refractivity contribution in [3.8, 4) is 5.75 Å². The van der Waals surface area contributed by atoms with Gasteiger partial charge in [0.1, 0.15) is 11.5 Å². The lowest BCUT2D eigenvalue weighted by Gasteiger charge is -2.10. The van der Waals surface area contributed by atoms with Gasteiger partial charge >= 0.3 is 0 Å². The molecule has 0 spiro atoms. The van der Waals surface area contributed by atoms with E-state index in [4.69, 9.17) is 16.3 Å². The second-order valence-corrected chi connectivity index (χ2v) is 4.29. The van der Waals surface area contributed by atoms with Gasteiger partial charge in [-0.1, -0.05) is 11.6 Å². The minimum atomic E-state index is 0.0335. The van der Waals surface area contributed by atoms with Crippen molar-refractivity contribution in [1.29, 1.82) is 0 Å². The van der Waals surface area contributed by atoms with Crippen molar-refractivity contribution in [3.05, 3.63) is 28.3 Å². The van der Waals surface area contributed by atoms with E-state index < -0.39 is 0 Å². The number of hydrogen-bond donors (Lipinski definition) is 0. The van der Waals surface area contributed by atoms with Crippen LogP contribution in [0.3, 0.4) is 0 Å². The van der Waals surface area contributed by atoms with E-state index in [1.807, 2.05) is 12.1 Å². The van der Waals surface area contributed by atoms with E-state index in [0.29, 0.717) is 10.8 Å². The van der Waals surface area contributed by atoms with Gasteiger partial charge in [0, 0.05) is 5.92 Å². The molecule has 1 aliphatic carbocycles. The Morgan fingerprint density at radius 3 is 2.87 bits per heavy atom. The zero-order valence-electron chi connectivity index (χ0n) is 8.84. The third-order valence-electron chi connectivity index (χ3n) is 2.98. The number of hydrogen-bond acceptors (Lipinski definition) is 2. The van der Waals surface area contributed by atoms with Crippen LogP contribution in [0.4, 0.5) is 0 Å². The summed E-state index contributed by atoms with van der Waals surface area (Å²) in [7, 11) is 1.59. The second-order valence-electron chi connectivity index (χ2n) is 3.89. The highest BCUT2D eigenvalue weighted by Crippen LogP contribution is 2.39. The second kappa shape index (κ2) is 3.86. The van der Waals surface area contributed by atoms with E-state index in [1.165, 1.54) is 5.56 Å². The zero-order valence-corrected chi connectivity index (χ0v) is 9.60. The Morgan fingerprint density at radius 2 is 2.27 bits per heavy atom. The van der Waals surface area contributed by atoms with E-state index in [-0.39, 0.29) is 11.7 Å². The maximum Gasteiger partial charge on any atom is 0.137 e. The normalized spacial score (nSPS) is 18.7. The smallest absolute Gasteiger partial charge is 0.137 e. The number of halogens is 1. The molecular weight excluding hydrogens is 212 g/mol. The topological polar surface area (TPSA) is 26.3 Å². The Hall–Kier alpha value is -1.02. The number of ketones is 1. The predicted octanol–water partition coefficient (Wildman–Crippen LogP) is 2.97. The van der Waals surface area contributed by atoms with Gasteiger partial charge in [-0.05, 0) is 43.0 Å². The number of Topliss-reactive ketones (excluding diaryl/α,β-unsaturated/α-hetero) is 1. The molecule has 0 saturated carbocycles. The quantitative estimate of drug-likeness (QED) is 0.772. The van der Waals surface area contributed by atoms with Gasteiger partial charge in [-0.3, -0.25) is 4.79 Å². The van der Waals surface area contributed by atoms with E-state index in [1.54, 1.807) is 14.0 Å². The predicted molar refractivity (Wildman–Crippen MR) is 59.7 cm³/mol. The van der Waals surface area contributed by atoms with Crippen LogP contribution in [0.1, 0.15) is 30.4 Å². The number of ether oxygens (including phenoxy) is 1. The number of carbonyl (C=O) groups excluding carboxylic acids is 1. The van der Waals surface area contributed by atoms with Crippen molar-refractivity contribution in [1.82, 2.24) is 0 Å². The first-order chi connectivity index (χ1) is 7.13. The first kappa shape index (κ1) is 10.5. The van der Waals surface area contributed by atoms with Crippen LogP contribution >= 0.6 is 11.6 Å². The van der Waals surface area contributed by atoms with Crippen LogP contribution < -0.4 is 4.74 Å². The Bertz CT molecular complexity index is 412. The molecule has 15 heavy (non-hydrogen) atoms. The van der Waals surface area contributed by atoms with Gasteiger partial charge in [-0.15, -0.1) is 0 Å². The van der Waals surface area contributed by atoms with Gasteiger partial charge in [-0.2, -0.15) is 0 Å². The summed E-state index contributed by atoms with van der Waals surface area (Å²) in [5.74, 6) is 0.910. The van der Waals surface area contributed by atoms with Gasteiger partial charge in [0.25, 0.3) is 0 Å². The fourth-order valence-electron chi connectivity index (χ4n) is 2.19. The summed E-state index contributed by atoms with van der Waals surface area (Å²) in [4.78, 5) is 11.4. The number of aryl methyl sites for hydroxylation is 1.